The number of hydrogen-bond acceptors (Lipinski definition) is 6. The number of ether oxygens (including phenoxy) is 3. The fourth-order valence-electron chi connectivity index (χ4n) is 3.57. The molecule has 34 heavy (non-hydrogen) atoms. The number of rotatable bonds is 7. The first kappa shape index (κ1) is 22.7. The van der Waals surface area contributed by atoms with Crippen LogP contribution in [0.1, 0.15) is 26.3 Å². The molecule has 2 aromatic carbocycles. The lowest BCUT2D eigenvalue weighted by molar-refractivity contribution is 0.102. The lowest BCUT2D eigenvalue weighted by atomic mass is 10.0. The predicted molar refractivity (Wildman–Crippen MR) is 129 cm³/mol. The van der Waals surface area contributed by atoms with Gasteiger partial charge in [0.25, 0.3) is 11.8 Å². The lowest BCUT2D eigenvalue weighted by Crippen LogP contribution is -2.17. The number of amides is 2. The van der Waals surface area contributed by atoms with Crippen molar-refractivity contribution in [3.63, 3.8) is 0 Å². The summed E-state index contributed by atoms with van der Waals surface area (Å²) in [6.07, 6.45) is 3.36. The molecule has 2 heterocycles. The number of aromatic amines is 1. The number of anilines is 2. The highest BCUT2D eigenvalue weighted by molar-refractivity contribution is 6.09. The van der Waals surface area contributed by atoms with Crippen molar-refractivity contribution in [1.82, 2.24) is 9.97 Å². The number of nitrogens with one attached hydrogen (secondary N) is 3. The van der Waals surface area contributed by atoms with Gasteiger partial charge in [-0.2, -0.15) is 0 Å². The van der Waals surface area contributed by atoms with Crippen LogP contribution in [0.15, 0.2) is 54.9 Å². The van der Waals surface area contributed by atoms with Crippen molar-refractivity contribution in [2.75, 3.05) is 32.0 Å². The maximum absolute atomic E-state index is 13.0. The van der Waals surface area contributed by atoms with E-state index >= 15 is 0 Å². The first-order valence-corrected chi connectivity index (χ1v) is 10.4. The molecule has 2 amide bonds. The molecule has 9 nitrogen and oxygen atoms in total. The number of aryl methyl sites for hydroxylation is 1. The second-order valence-electron chi connectivity index (χ2n) is 7.49. The van der Waals surface area contributed by atoms with Crippen LogP contribution in [0.5, 0.6) is 17.2 Å². The SMILES string of the molecule is COc1cc(NC(=O)c2ccc(C)c(C(=O)Nc3cnc4[nH]ccc4c3)c2)cc(OC)c1OC. The Balaban J connectivity index is 1.56. The minimum atomic E-state index is -0.390. The van der Waals surface area contributed by atoms with Crippen LogP contribution in [0.2, 0.25) is 0 Å². The number of fused-ring (bicyclic) bond motifs is 1. The highest BCUT2D eigenvalue weighted by Gasteiger charge is 2.17. The quantitative estimate of drug-likeness (QED) is 0.377. The molecule has 0 fully saturated rings. The van der Waals surface area contributed by atoms with Gasteiger partial charge in [-0.15, -0.1) is 0 Å². The Hall–Kier alpha value is -4.53. The lowest BCUT2D eigenvalue weighted by Gasteiger charge is -2.15. The van der Waals surface area contributed by atoms with E-state index in [9.17, 15) is 9.59 Å². The van der Waals surface area contributed by atoms with Gasteiger partial charge in [0.05, 0.1) is 33.2 Å². The van der Waals surface area contributed by atoms with E-state index in [4.69, 9.17) is 14.2 Å². The summed E-state index contributed by atoms with van der Waals surface area (Å²) < 4.78 is 16.0. The number of nitrogens with zero attached hydrogens (tertiary/aromatic N) is 1. The van der Waals surface area contributed by atoms with Gasteiger partial charge in [-0.3, -0.25) is 9.59 Å². The molecule has 0 bridgehead atoms. The Labute approximate surface area is 196 Å². The molecule has 0 aliphatic rings. The molecule has 4 rings (SSSR count). The van der Waals surface area contributed by atoms with Gasteiger partial charge in [-0.25, -0.2) is 4.98 Å². The van der Waals surface area contributed by atoms with Gasteiger partial charge >= 0.3 is 0 Å². The van der Waals surface area contributed by atoms with Crippen molar-refractivity contribution in [2.24, 2.45) is 0 Å². The third-order valence-corrected chi connectivity index (χ3v) is 5.32. The van der Waals surface area contributed by atoms with Crippen LogP contribution < -0.4 is 24.8 Å². The molecule has 0 spiro atoms. The van der Waals surface area contributed by atoms with E-state index in [-0.39, 0.29) is 5.91 Å². The maximum Gasteiger partial charge on any atom is 0.255 e. The summed E-state index contributed by atoms with van der Waals surface area (Å²) in [6.45, 7) is 1.81. The van der Waals surface area contributed by atoms with E-state index in [0.29, 0.717) is 39.8 Å². The predicted octanol–water partition coefficient (Wildman–Crippen LogP) is 4.40. The molecule has 0 aliphatic heterocycles. The number of benzene rings is 2. The summed E-state index contributed by atoms with van der Waals surface area (Å²) in [4.78, 5) is 33.2. The van der Waals surface area contributed by atoms with E-state index in [1.54, 1.807) is 42.7 Å². The van der Waals surface area contributed by atoms with Crippen molar-refractivity contribution in [3.05, 3.63) is 71.5 Å². The van der Waals surface area contributed by atoms with Gasteiger partial charge in [-0.05, 0) is 36.8 Å². The number of hydrogen-bond donors (Lipinski definition) is 3. The Kier molecular flexibility index (Phi) is 6.35. The molecule has 0 atom stereocenters. The van der Waals surface area contributed by atoms with Gasteiger partial charge in [0, 0.05) is 40.5 Å². The van der Waals surface area contributed by atoms with E-state index < -0.39 is 5.91 Å². The summed E-state index contributed by atoms with van der Waals surface area (Å²) in [7, 11) is 4.50. The normalized spacial score (nSPS) is 10.6. The van der Waals surface area contributed by atoms with Crippen LogP contribution in [0.4, 0.5) is 11.4 Å². The Morgan fingerprint density at radius 2 is 1.56 bits per heavy atom. The monoisotopic (exact) mass is 460 g/mol. The number of pyridine rings is 1. The second kappa shape index (κ2) is 9.53. The van der Waals surface area contributed by atoms with Gasteiger partial charge in [0.2, 0.25) is 5.75 Å². The van der Waals surface area contributed by atoms with Crippen LogP contribution in [-0.2, 0) is 0 Å². The summed E-state index contributed by atoms with van der Waals surface area (Å²) in [5, 5.41) is 6.54. The standard InChI is InChI=1S/C25H24N4O5/c1-14-5-6-16(24(30)28-17-11-20(32-2)22(34-4)21(12-17)33-3)10-19(14)25(31)29-18-9-15-7-8-26-23(15)27-13-18/h5-13H,1-4H3,(H,26,27)(H,28,30)(H,29,31). The van der Waals surface area contributed by atoms with Crippen LogP contribution in [-0.4, -0.2) is 43.1 Å². The highest BCUT2D eigenvalue weighted by Crippen LogP contribution is 2.40. The van der Waals surface area contributed by atoms with E-state index in [1.807, 2.05) is 19.1 Å². The molecule has 174 valence electrons. The minimum Gasteiger partial charge on any atom is -0.493 e. The molecule has 2 aromatic heterocycles. The number of carbonyl (C=O) groups is 2. The first-order valence-electron chi connectivity index (χ1n) is 10.4. The smallest absolute Gasteiger partial charge is 0.255 e. The van der Waals surface area contributed by atoms with E-state index in [1.165, 1.54) is 21.3 Å². The third-order valence-electron chi connectivity index (χ3n) is 5.32. The molecule has 0 unspecified atom stereocenters. The Morgan fingerprint density at radius 1 is 0.853 bits per heavy atom. The van der Waals surface area contributed by atoms with Crippen molar-refractivity contribution in [2.45, 2.75) is 6.92 Å². The molecule has 0 saturated carbocycles. The summed E-state index contributed by atoms with van der Waals surface area (Å²) in [6, 6.07) is 11.9. The number of methoxy groups -OCH3 is 3. The van der Waals surface area contributed by atoms with Crippen molar-refractivity contribution in [3.8, 4) is 17.2 Å². The Morgan fingerprint density at radius 3 is 2.24 bits per heavy atom. The highest BCUT2D eigenvalue weighted by atomic mass is 16.5. The summed E-state index contributed by atoms with van der Waals surface area (Å²) in [5.41, 5.74) is 3.19. The van der Waals surface area contributed by atoms with Crippen LogP contribution in [0.3, 0.4) is 0 Å². The van der Waals surface area contributed by atoms with E-state index in [2.05, 4.69) is 20.6 Å². The van der Waals surface area contributed by atoms with Crippen LogP contribution in [0.25, 0.3) is 11.0 Å². The largest absolute Gasteiger partial charge is 0.493 e. The van der Waals surface area contributed by atoms with Crippen LogP contribution >= 0.6 is 0 Å². The zero-order valence-electron chi connectivity index (χ0n) is 19.2. The number of carbonyl (C=O) groups excluding carboxylic acids is 2. The average Bonchev–Trinajstić information content (AvgIpc) is 3.31. The van der Waals surface area contributed by atoms with Gasteiger partial charge < -0.3 is 29.8 Å². The van der Waals surface area contributed by atoms with Crippen molar-refractivity contribution >= 4 is 34.2 Å². The zero-order valence-corrected chi connectivity index (χ0v) is 19.2. The molecule has 4 aromatic rings. The first-order chi connectivity index (χ1) is 16.4. The zero-order chi connectivity index (χ0) is 24.2. The number of H-pyrrole nitrogens is 1. The minimum absolute atomic E-state index is 0.323. The fourth-order valence-corrected chi connectivity index (χ4v) is 3.57. The molecule has 0 saturated heterocycles. The maximum atomic E-state index is 13.0. The fraction of sp³-hybridized carbons (Fsp3) is 0.160. The molecule has 0 radical (unpaired) electrons. The van der Waals surface area contributed by atoms with Crippen LogP contribution in [0, 0.1) is 6.92 Å². The van der Waals surface area contributed by atoms with Gasteiger partial charge in [0.15, 0.2) is 11.5 Å². The summed E-state index contributed by atoms with van der Waals surface area (Å²) in [5.74, 6) is 0.517. The molecular formula is C25H24N4O5. The summed E-state index contributed by atoms with van der Waals surface area (Å²) >= 11 is 0. The number of aromatic nitrogens is 2. The average molecular weight is 460 g/mol. The van der Waals surface area contributed by atoms with Gasteiger partial charge in [0.1, 0.15) is 5.65 Å². The molecule has 9 heteroatoms. The van der Waals surface area contributed by atoms with Crippen molar-refractivity contribution in [1.29, 1.82) is 0 Å². The molecule has 0 aliphatic carbocycles. The van der Waals surface area contributed by atoms with Crippen molar-refractivity contribution < 1.29 is 23.8 Å². The van der Waals surface area contributed by atoms with Gasteiger partial charge in [-0.1, -0.05) is 6.07 Å². The van der Waals surface area contributed by atoms with E-state index in [0.717, 1.165) is 16.6 Å². The Bertz CT molecular complexity index is 1350. The molecular weight excluding hydrogens is 436 g/mol. The third kappa shape index (κ3) is 4.49. The second-order valence-corrected chi connectivity index (χ2v) is 7.49. The topological polar surface area (TPSA) is 115 Å². The molecule has 3 N–H and O–H groups in total.